The van der Waals surface area contributed by atoms with Gasteiger partial charge in [0.1, 0.15) is 0 Å². The Bertz CT molecular complexity index is 885. The minimum absolute atomic E-state index is 0.297. The molecule has 1 aromatic heterocycles. The fourth-order valence-electron chi connectivity index (χ4n) is 3.29. The van der Waals surface area contributed by atoms with E-state index in [2.05, 4.69) is 49.7 Å². The molecule has 0 saturated carbocycles. The highest BCUT2D eigenvalue weighted by atomic mass is 16.5. The highest BCUT2D eigenvalue weighted by molar-refractivity contribution is 5.95. The number of carbonyl (C=O) groups excluding carboxylic acids is 1. The first kappa shape index (κ1) is 16.3. The Labute approximate surface area is 142 Å². The van der Waals surface area contributed by atoms with E-state index in [-0.39, 0.29) is 5.97 Å². The van der Waals surface area contributed by atoms with Crippen LogP contribution in [0.2, 0.25) is 0 Å². The number of nitrogens with zero attached hydrogens (tertiary/aromatic N) is 1. The number of rotatable bonds is 4. The summed E-state index contributed by atoms with van der Waals surface area (Å²) in [6.07, 6.45) is 3.17. The summed E-state index contributed by atoms with van der Waals surface area (Å²) in [5.74, 6) is -0.297. The number of carbonyl (C=O) groups is 1. The van der Waals surface area contributed by atoms with Crippen LogP contribution in [0.15, 0.2) is 42.6 Å². The molecule has 0 atom stereocenters. The lowest BCUT2D eigenvalue weighted by atomic mass is 10.0. The smallest absolute Gasteiger partial charge is 0.337 e. The normalized spacial score (nSPS) is 11.0. The van der Waals surface area contributed by atoms with Crippen molar-refractivity contribution >= 4 is 16.9 Å². The number of hydrogen-bond acceptors (Lipinski definition) is 2. The molecule has 2 aromatic carbocycles. The Hall–Kier alpha value is -2.55. The third-order valence-corrected chi connectivity index (χ3v) is 4.74. The summed E-state index contributed by atoms with van der Waals surface area (Å²) in [6.45, 7) is 7.26. The number of fused-ring (bicyclic) bond motifs is 1. The second-order valence-electron chi connectivity index (χ2n) is 6.23. The van der Waals surface area contributed by atoms with E-state index in [0.717, 1.165) is 18.5 Å². The summed E-state index contributed by atoms with van der Waals surface area (Å²) >= 11 is 0. The minimum Gasteiger partial charge on any atom is -0.465 e. The maximum absolute atomic E-state index is 11.9. The van der Waals surface area contributed by atoms with Gasteiger partial charge < -0.3 is 9.30 Å². The third-order valence-electron chi connectivity index (χ3n) is 4.74. The van der Waals surface area contributed by atoms with Crippen LogP contribution >= 0.6 is 0 Å². The topological polar surface area (TPSA) is 31.2 Å². The van der Waals surface area contributed by atoms with E-state index < -0.39 is 0 Å². The first-order chi connectivity index (χ1) is 11.5. The molecule has 3 rings (SSSR count). The van der Waals surface area contributed by atoms with Crippen LogP contribution in [0.4, 0.5) is 0 Å². The first-order valence-corrected chi connectivity index (χ1v) is 8.30. The lowest BCUT2D eigenvalue weighted by Gasteiger charge is -2.12. The molecule has 0 radical (unpaired) electrons. The Kier molecular flexibility index (Phi) is 4.43. The van der Waals surface area contributed by atoms with E-state index in [1.807, 2.05) is 18.2 Å². The molecule has 3 nitrogen and oxygen atoms in total. The second kappa shape index (κ2) is 6.52. The highest BCUT2D eigenvalue weighted by Crippen LogP contribution is 2.26. The summed E-state index contributed by atoms with van der Waals surface area (Å²) in [6, 6.07) is 12.2. The number of ether oxygens (including phenoxy) is 1. The van der Waals surface area contributed by atoms with Gasteiger partial charge >= 0.3 is 5.97 Å². The van der Waals surface area contributed by atoms with Crippen molar-refractivity contribution in [1.82, 2.24) is 4.57 Å². The Morgan fingerprint density at radius 1 is 1.12 bits per heavy atom. The lowest BCUT2D eigenvalue weighted by Crippen LogP contribution is -2.04. The SMILES string of the molecule is CCc1cn(Cc2c(C)cccc2C)c2cc(C(=O)OC)ccc12. The highest BCUT2D eigenvalue weighted by Gasteiger charge is 2.13. The molecule has 0 unspecified atom stereocenters. The van der Waals surface area contributed by atoms with Crippen molar-refractivity contribution in [2.75, 3.05) is 7.11 Å². The maximum Gasteiger partial charge on any atom is 0.337 e. The summed E-state index contributed by atoms with van der Waals surface area (Å²) in [4.78, 5) is 11.9. The summed E-state index contributed by atoms with van der Waals surface area (Å²) in [7, 11) is 1.42. The molecule has 124 valence electrons. The predicted molar refractivity (Wildman–Crippen MR) is 97.7 cm³/mol. The standard InChI is InChI=1S/C21H23NO2/c1-5-16-12-22(13-19-14(2)7-6-8-15(19)3)20-11-17(21(23)24-4)9-10-18(16)20/h6-12H,5,13H2,1-4H3. The molecular formula is C21H23NO2. The van der Waals surface area contributed by atoms with Gasteiger partial charge in [0, 0.05) is 23.6 Å². The minimum atomic E-state index is -0.297. The van der Waals surface area contributed by atoms with Crippen LogP contribution in [-0.4, -0.2) is 17.6 Å². The number of aryl methyl sites for hydroxylation is 3. The van der Waals surface area contributed by atoms with Gasteiger partial charge in [-0.15, -0.1) is 0 Å². The third kappa shape index (κ3) is 2.82. The molecule has 0 spiro atoms. The summed E-state index contributed by atoms with van der Waals surface area (Å²) in [5.41, 5.74) is 6.89. The quantitative estimate of drug-likeness (QED) is 0.655. The molecule has 0 amide bonds. The lowest BCUT2D eigenvalue weighted by molar-refractivity contribution is 0.0601. The first-order valence-electron chi connectivity index (χ1n) is 8.30. The van der Waals surface area contributed by atoms with Crippen LogP contribution < -0.4 is 0 Å². The van der Waals surface area contributed by atoms with E-state index in [4.69, 9.17) is 4.74 Å². The van der Waals surface area contributed by atoms with Crippen LogP contribution in [0.25, 0.3) is 10.9 Å². The molecule has 1 heterocycles. The molecule has 0 aliphatic carbocycles. The van der Waals surface area contributed by atoms with Gasteiger partial charge in [-0.05, 0) is 54.7 Å². The van der Waals surface area contributed by atoms with Gasteiger partial charge in [0.25, 0.3) is 0 Å². The monoisotopic (exact) mass is 321 g/mol. The van der Waals surface area contributed by atoms with Gasteiger partial charge in [-0.2, -0.15) is 0 Å². The number of methoxy groups -OCH3 is 1. The van der Waals surface area contributed by atoms with Crippen molar-refractivity contribution in [1.29, 1.82) is 0 Å². The van der Waals surface area contributed by atoms with E-state index >= 15 is 0 Å². The maximum atomic E-state index is 11.9. The number of aromatic nitrogens is 1. The summed E-state index contributed by atoms with van der Waals surface area (Å²) < 4.78 is 7.11. The molecule has 0 aliphatic rings. The van der Waals surface area contributed by atoms with Gasteiger partial charge in [-0.3, -0.25) is 0 Å². The molecule has 3 heteroatoms. The van der Waals surface area contributed by atoms with Crippen molar-refractivity contribution in [2.45, 2.75) is 33.7 Å². The second-order valence-corrected chi connectivity index (χ2v) is 6.23. The van der Waals surface area contributed by atoms with Crippen molar-refractivity contribution in [3.05, 3.63) is 70.4 Å². The van der Waals surface area contributed by atoms with Crippen LogP contribution in [0.3, 0.4) is 0 Å². The largest absolute Gasteiger partial charge is 0.465 e. The fraction of sp³-hybridized carbons (Fsp3) is 0.286. The Morgan fingerprint density at radius 3 is 2.46 bits per heavy atom. The zero-order valence-electron chi connectivity index (χ0n) is 14.7. The molecule has 24 heavy (non-hydrogen) atoms. The Balaban J connectivity index is 2.14. The molecule has 0 aliphatic heterocycles. The van der Waals surface area contributed by atoms with Gasteiger partial charge in [0.15, 0.2) is 0 Å². The number of benzene rings is 2. The van der Waals surface area contributed by atoms with Crippen molar-refractivity contribution in [3.63, 3.8) is 0 Å². The fourth-order valence-corrected chi connectivity index (χ4v) is 3.29. The van der Waals surface area contributed by atoms with Crippen molar-refractivity contribution in [3.8, 4) is 0 Å². The van der Waals surface area contributed by atoms with Gasteiger partial charge in [-0.25, -0.2) is 4.79 Å². The zero-order chi connectivity index (χ0) is 17.3. The molecule has 0 saturated heterocycles. The van der Waals surface area contributed by atoms with Crippen molar-refractivity contribution in [2.24, 2.45) is 0 Å². The molecule has 3 aromatic rings. The predicted octanol–water partition coefficient (Wildman–Crippen LogP) is 4.66. The van der Waals surface area contributed by atoms with Crippen LogP contribution in [0.5, 0.6) is 0 Å². The number of esters is 1. The van der Waals surface area contributed by atoms with Crippen LogP contribution in [0.1, 0.15) is 39.5 Å². The van der Waals surface area contributed by atoms with Crippen LogP contribution in [0, 0.1) is 13.8 Å². The van der Waals surface area contributed by atoms with E-state index in [0.29, 0.717) is 5.56 Å². The average Bonchev–Trinajstić information content (AvgIpc) is 2.94. The van der Waals surface area contributed by atoms with Gasteiger partial charge in [0.05, 0.1) is 12.7 Å². The van der Waals surface area contributed by atoms with Crippen LogP contribution in [-0.2, 0) is 17.7 Å². The van der Waals surface area contributed by atoms with Gasteiger partial charge in [-0.1, -0.05) is 31.2 Å². The zero-order valence-corrected chi connectivity index (χ0v) is 14.7. The summed E-state index contributed by atoms with van der Waals surface area (Å²) in [5, 5.41) is 1.20. The van der Waals surface area contributed by atoms with Gasteiger partial charge in [0.2, 0.25) is 0 Å². The van der Waals surface area contributed by atoms with E-state index in [1.165, 1.54) is 34.7 Å². The Morgan fingerprint density at radius 2 is 1.83 bits per heavy atom. The van der Waals surface area contributed by atoms with E-state index in [1.54, 1.807) is 0 Å². The number of hydrogen-bond donors (Lipinski definition) is 0. The van der Waals surface area contributed by atoms with E-state index in [9.17, 15) is 4.79 Å². The molecule has 0 fully saturated rings. The average molecular weight is 321 g/mol. The molecule has 0 bridgehead atoms. The van der Waals surface area contributed by atoms with Crippen molar-refractivity contribution < 1.29 is 9.53 Å². The molecule has 0 N–H and O–H groups in total. The molecular weight excluding hydrogens is 298 g/mol.